The molecule has 1 unspecified atom stereocenters. The van der Waals surface area contributed by atoms with E-state index in [2.05, 4.69) is 10.4 Å². The fourth-order valence-electron chi connectivity index (χ4n) is 3.45. The lowest BCUT2D eigenvalue weighted by Crippen LogP contribution is -2.43. The van der Waals surface area contributed by atoms with E-state index in [9.17, 15) is 9.18 Å². The number of amides is 2. The molecule has 1 aromatic heterocycles. The number of hydrogen-bond donors (Lipinski definition) is 1. The number of carbonyl (C=O) groups excluding carboxylic acids is 1. The minimum atomic E-state index is -0.282. The number of nitrogens with one attached hydrogen (secondary N) is 1. The van der Waals surface area contributed by atoms with E-state index >= 15 is 0 Å². The van der Waals surface area contributed by atoms with Gasteiger partial charge in [-0.3, -0.25) is 4.90 Å². The Labute approximate surface area is 157 Å². The minimum absolute atomic E-state index is 0.0868. The van der Waals surface area contributed by atoms with Gasteiger partial charge in [-0.05, 0) is 49.6 Å². The van der Waals surface area contributed by atoms with E-state index < -0.39 is 0 Å². The number of anilines is 1. The van der Waals surface area contributed by atoms with Crippen LogP contribution in [0.3, 0.4) is 0 Å². The number of aromatic nitrogens is 2. The zero-order chi connectivity index (χ0) is 18.8. The Bertz CT molecular complexity index is 937. The molecule has 138 valence electrons. The molecule has 0 spiro atoms. The highest BCUT2D eigenvalue weighted by molar-refractivity contribution is 5.93. The molecular weight excluding hydrogens is 343 g/mol. The minimum Gasteiger partial charge on any atom is -0.331 e. The molecule has 27 heavy (non-hydrogen) atoms. The van der Waals surface area contributed by atoms with Crippen molar-refractivity contribution in [1.29, 1.82) is 0 Å². The van der Waals surface area contributed by atoms with Gasteiger partial charge >= 0.3 is 6.03 Å². The molecule has 5 nitrogen and oxygen atoms in total. The van der Waals surface area contributed by atoms with Gasteiger partial charge in [0.15, 0.2) is 0 Å². The zero-order valence-corrected chi connectivity index (χ0v) is 15.1. The summed E-state index contributed by atoms with van der Waals surface area (Å²) in [4.78, 5) is 14.6. The highest BCUT2D eigenvalue weighted by Gasteiger charge is 2.27. The molecule has 3 aromatic rings. The van der Waals surface area contributed by atoms with Crippen LogP contribution in [0.4, 0.5) is 14.9 Å². The molecule has 0 fully saturated rings. The van der Waals surface area contributed by atoms with E-state index in [1.54, 1.807) is 27.9 Å². The fourth-order valence-corrected chi connectivity index (χ4v) is 3.45. The maximum atomic E-state index is 13.2. The third-order valence-electron chi connectivity index (χ3n) is 4.89. The van der Waals surface area contributed by atoms with Crippen molar-refractivity contribution in [2.75, 3.05) is 11.4 Å². The second-order valence-corrected chi connectivity index (χ2v) is 6.70. The van der Waals surface area contributed by atoms with Gasteiger partial charge in [-0.2, -0.15) is 5.10 Å². The average molecular weight is 364 g/mol. The van der Waals surface area contributed by atoms with Crippen LogP contribution in [0.5, 0.6) is 0 Å². The molecular formula is C21H21FN4O. The van der Waals surface area contributed by atoms with Gasteiger partial charge in [-0.25, -0.2) is 13.9 Å². The van der Waals surface area contributed by atoms with Gasteiger partial charge in [0.2, 0.25) is 0 Å². The number of hydrogen-bond acceptors (Lipinski definition) is 2. The number of halogens is 1. The van der Waals surface area contributed by atoms with Crippen molar-refractivity contribution >= 4 is 11.7 Å². The van der Waals surface area contributed by atoms with Crippen molar-refractivity contribution in [3.8, 4) is 5.69 Å². The van der Waals surface area contributed by atoms with Crippen molar-refractivity contribution in [3.05, 3.63) is 77.9 Å². The smallest absolute Gasteiger partial charge is 0.322 e. The Morgan fingerprint density at radius 1 is 1.15 bits per heavy atom. The van der Waals surface area contributed by atoms with Crippen LogP contribution in [0.1, 0.15) is 30.6 Å². The maximum absolute atomic E-state index is 13.2. The Morgan fingerprint density at radius 3 is 2.63 bits per heavy atom. The highest BCUT2D eigenvalue weighted by Crippen LogP contribution is 2.29. The maximum Gasteiger partial charge on any atom is 0.322 e. The molecule has 4 rings (SSSR count). The van der Waals surface area contributed by atoms with Gasteiger partial charge in [0.25, 0.3) is 0 Å². The Morgan fingerprint density at radius 2 is 1.89 bits per heavy atom. The van der Waals surface area contributed by atoms with Gasteiger partial charge < -0.3 is 5.32 Å². The summed E-state index contributed by atoms with van der Waals surface area (Å²) in [6.07, 6.45) is 3.39. The van der Waals surface area contributed by atoms with Gasteiger partial charge in [0.1, 0.15) is 5.82 Å². The van der Waals surface area contributed by atoms with Crippen molar-refractivity contribution in [2.24, 2.45) is 0 Å². The van der Waals surface area contributed by atoms with Gasteiger partial charge in [-0.1, -0.05) is 30.3 Å². The van der Waals surface area contributed by atoms with Crippen LogP contribution in [-0.4, -0.2) is 22.4 Å². The second kappa shape index (κ2) is 7.23. The summed E-state index contributed by atoms with van der Waals surface area (Å²) in [6, 6.07) is 15.9. The monoisotopic (exact) mass is 364 g/mol. The predicted octanol–water partition coefficient (Wildman–Crippen LogP) is 4.23. The number of rotatable bonds is 3. The topological polar surface area (TPSA) is 50.2 Å². The summed E-state index contributed by atoms with van der Waals surface area (Å²) in [7, 11) is 0. The first-order valence-electron chi connectivity index (χ1n) is 9.09. The molecule has 2 amide bonds. The van der Waals surface area contributed by atoms with Gasteiger partial charge in [0.05, 0.1) is 29.3 Å². The zero-order valence-electron chi connectivity index (χ0n) is 15.1. The van der Waals surface area contributed by atoms with Crippen LogP contribution in [0.15, 0.2) is 60.8 Å². The summed E-state index contributed by atoms with van der Waals surface area (Å²) in [5.74, 6) is -0.282. The van der Waals surface area contributed by atoms with Crippen LogP contribution in [-0.2, 0) is 6.42 Å². The van der Waals surface area contributed by atoms with E-state index in [1.807, 2.05) is 37.3 Å². The summed E-state index contributed by atoms with van der Waals surface area (Å²) in [5.41, 5.74) is 3.63. The molecule has 0 radical (unpaired) electrons. The first kappa shape index (κ1) is 17.3. The van der Waals surface area contributed by atoms with Gasteiger partial charge in [0, 0.05) is 6.54 Å². The van der Waals surface area contributed by atoms with Crippen LogP contribution in [0.2, 0.25) is 0 Å². The molecule has 1 atom stereocenters. The molecule has 1 aliphatic heterocycles. The number of nitrogens with zero attached hydrogens (tertiary/aromatic N) is 3. The number of carbonyl (C=O) groups is 1. The third-order valence-corrected chi connectivity index (χ3v) is 4.89. The van der Waals surface area contributed by atoms with E-state index in [0.717, 1.165) is 35.5 Å². The largest absolute Gasteiger partial charge is 0.331 e. The first-order valence-corrected chi connectivity index (χ1v) is 9.09. The molecule has 0 aliphatic carbocycles. The summed E-state index contributed by atoms with van der Waals surface area (Å²) in [5, 5.41) is 7.50. The molecule has 1 aliphatic rings. The van der Waals surface area contributed by atoms with Crippen LogP contribution in [0, 0.1) is 5.82 Å². The first-order chi connectivity index (χ1) is 13.1. The summed E-state index contributed by atoms with van der Waals surface area (Å²) in [6.45, 7) is 2.62. The van der Waals surface area contributed by atoms with E-state index in [-0.39, 0.29) is 17.9 Å². The Balaban J connectivity index is 1.57. The summed E-state index contributed by atoms with van der Waals surface area (Å²) < 4.78 is 15.0. The molecule has 2 heterocycles. The predicted molar refractivity (Wildman–Crippen MR) is 103 cm³/mol. The van der Waals surface area contributed by atoms with Gasteiger partial charge in [-0.15, -0.1) is 0 Å². The SMILES string of the molecule is CC(NC(=O)N1CCCc2c1cnn2-c1ccc(F)cc1)c1ccccc1. The Kier molecular flexibility index (Phi) is 4.62. The third kappa shape index (κ3) is 3.43. The van der Waals surface area contributed by atoms with Crippen molar-refractivity contribution in [1.82, 2.24) is 15.1 Å². The number of benzene rings is 2. The fraction of sp³-hybridized carbons (Fsp3) is 0.238. The molecule has 2 aromatic carbocycles. The highest BCUT2D eigenvalue weighted by atomic mass is 19.1. The molecule has 1 N–H and O–H groups in total. The van der Waals surface area contributed by atoms with E-state index in [1.165, 1.54) is 12.1 Å². The average Bonchev–Trinajstić information content (AvgIpc) is 3.13. The van der Waals surface area contributed by atoms with Crippen molar-refractivity contribution in [3.63, 3.8) is 0 Å². The number of urea groups is 1. The van der Waals surface area contributed by atoms with Crippen LogP contribution >= 0.6 is 0 Å². The van der Waals surface area contributed by atoms with Crippen LogP contribution in [0.25, 0.3) is 5.69 Å². The normalized spacial score (nSPS) is 14.5. The Hall–Kier alpha value is -3.15. The molecule has 6 heteroatoms. The summed E-state index contributed by atoms with van der Waals surface area (Å²) >= 11 is 0. The van der Waals surface area contributed by atoms with Crippen LogP contribution < -0.4 is 10.2 Å². The molecule has 0 saturated heterocycles. The number of fused-ring (bicyclic) bond motifs is 1. The van der Waals surface area contributed by atoms with E-state index in [0.29, 0.717) is 6.54 Å². The quantitative estimate of drug-likeness (QED) is 0.756. The second-order valence-electron chi connectivity index (χ2n) is 6.70. The standard InChI is InChI=1S/C21H21FN4O/c1-15(16-6-3-2-4-7-16)24-21(27)25-13-5-8-19-20(25)14-23-26(19)18-11-9-17(22)10-12-18/h2-4,6-7,9-12,14-15H,5,8,13H2,1H3,(H,24,27). The molecule has 0 saturated carbocycles. The lowest BCUT2D eigenvalue weighted by Gasteiger charge is -2.29. The lowest BCUT2D eigenvalue weighted by atomic mass is 10.1. The lowest BCUT2D eigenvalue weighted by molar-refractivity contribution is 0.243. The van der Waals surface area contributed by atoms with Crippen molar-refractivity contribution in [2.45, 2.75) is 25.8 Å². The van der Waals surface area contributed by atoms with Crippen molar-refractivity contribution < 1.29 is 9.18 Å². The molecule has 0 bridgehead atoms. The van der Waals surface area contributed by atoms with E-state index in [4.69, 9.17) is 0 Å².